The third kappa shape index (κ3) is 3.85. The smallest absolute Gasteiger partial charge is 0.155 e. The van der Waals surface area contributed by atoms with Crippen LogP contribution in [0.4, 0.5) is 0 Å². The molecular formula is C19H23N5. The number of aryl methyl sites for hydroxylation is 1. The van der Waals surface area contributed by atoms with Gasteiger partial charge in [-0.05, 0) is 36.6 Å². The van der Waals surface area contributed by atoms with E-state index < -0.39 is 0 Å². The Kier molecular flexibility index (Phi) is 4.99. The number of hydrogen-bond acceptors (Lipinski definition) is 4. The Morgan fingerprint density at radius 2 is 2.00 bits per heavy atom. The van der Waals surface area contributed by atoms with Crippen molar-refractivity contribution in [2.24, 2.45) is 5.92 Å². The first-order chi connectivity index (χ1) is 11.7. The molecule has 1 atom stereocenters. The van der Waals surface area contributed by atoms with Gasteiger partial charge < -0.3 is 0 Å². The highest BCUT2D eigenvalue weighted by molar-refractivity contribution is 5.26. The third-order valence-electron chi connectivity index (χ3n) is 4.12. The van der Waals surface area contributed by atoms with Crippen LogP contribution in [-0.2, 0) is 12.8 Å². The van der Waals surface area contributed by atoms with Crippen molar-refractivity contribution in [3.05, 3.63) is 65.6 Å². The lowest BCUT2D eigenvalue weighted by Crippen LogP contribution is -2.07. The molecule has 124 valence electrons. The van der Waals surface area contributed by atoms with Crippen LogP contribution >= 0.6 is 0 Å². The summed E-state index contributed by atoms with van der Waals surface area (Å²) in [5.41, 5.74) is 2.09. The molecule has 0 N–H and O–H groups in total. The number of nitrogens with zero attached hydrogens (tertiary/aromatic N) is 5. The number of hydrogen-bond donors (Lipinski definition) is 0. The van der Waals surface area contributed by atoms with Crippen molar-refractivity contribution in [2.45, 2.75) is 40.0 Å². The predicted octanol–water partition coefficient (Wildman–Crippen LogP) is 3.55. The van der Waals surface area contributed by atoms with E-state index in [9.17, 15) is 0 Å². The predicted molar refractivity (Wildman–Crippen MR) is 94.1 cm³/mol. The molecular weight excluding hydrogens is 298 g/mol. The minimum atomic E-state index is 0.567. The SMILES string of the molecule is CCC(C)Cc1nc(Cc2cccnc2)n(-c2cccc(C)n2)n1. The van der Waals surface area contributed by atoms with Gasteiger partial charge in [0.15, 0.2) is 11.6 Å². The summed E-state index contributed by atoms with van der Waals surface area (Å²) in [6.45, 7) is 6.41. The minimum Gasteiger partial charge on any atom is -0.264 e. The topological polar surface area (TPSA) is 56.5 Å². The molecule has 3 aromatic heterocycles. The first-order valence-electron chi connectivity index (χ1n) is 8.43. The lowest BCUT2D eigenvalue weighted by molar-refractivity contribution is 0.542. The molecule has 5 nitrogen and oxygen atoms in total. The van der Waals surface area contributed by atoms with Crippen LogP contribution in [0, 0.1) is 12.8 Å². The van der Waals surface area contributed by atoms with Crippen molar-refractivity contribution >= 4 is 0 Å². The Morgan fingerprint density at radius 1 is 1.12 bits per heavy atom. The number of rotatable bonds is 6. The summed E-state index contributed by atoms with van der Waals surface area (Å²) in [5.74, 6) is 3.17. The van der Waals surface area contributed by atoms with Gasteiger partial charge in [0, 0.05) is 30.9 Å². The summed E-state index contributed by atoms with van der Waals surface area (Å²) in [5, 5.41) is 4.73. The van der Waals surface area contributed by atoms with Crippen LogP contribution in [0.2, 0.25) is 0 Å². The molecule has 3 heterocycles. The first kappa shape index (κ1) is 16.3. The second-order valence-electron chi connectivity index (χ2n) is 6.25. The van der Waals surface area contributed by atoms with Crippen LogP contribution in [0.15, 0.2) is 42.7 Å². The number of pyridine rings is 2. The van der Waals surface area contributed by atoms with E-state index in [1.807, 2.05) is 42.1 Å². The van der Waals surface area contributed by atoms with Crippen LogP contribution in [-0.4, -0.2) is 24.7 Å². The van der Waals surface area contributed by atoms with Crippen molar-refractivity contribution in [2.75, 3.05) is 0 Å². The van der Waals surface area contributed by atoms with Crippen molar-refractivity contribution in [3.63, 3.8) is 0 Å². The summed E-state index contributed by atoms with van der Waals surface area (Å²) in [7, 11) is 0. The summed E-state index contributed by atoms with van der Waals surface area (Å²) in [6, 6.07) is 9.97. The fourth-order valence-corrected chi connectivity index (χ4v) is 2.56. The molecule has 3 rings (SSSR count). The zero-order valence-electron chi connectivity index (χ0n) is 14.5. The summed E-state index contributed by atoms with van der Waals surface area (Å²) >= 11 is 0. The van der Waals surface area contributed by atoms with E-state index in [0.717, 1.165) is 41.6 Å². The molecule has 3 aromatic rings. The Bertz CT molecular complexity index is 795. The van der Waals surface area contributed by atoms with Crippen LogP contribution in [0.1, 0.15) is 43.2 Å². The van der Waals surface area contributed by atoms with E-state index in [1.165, 1.54) is 0 Å². The highest BCUT2D eigenvalue weighted by Crippen LogP contribution is 2.15. The quantitative estimate of drug-likeness (QED) is 0.697. The average molecular weight is 321 g/mol. The molecule has 0 aliphatic carbocycles. The Balaban J connectivity index is 1.98. The molecule has 1 unspecified atom stereocenters. The van der Waals surface area contributed by atoms with Gasteiger partial charge in [0.1, 0.15) is 5.82 Å². The standard InChI is InChI=1S/C19H23N5/c1-4-14(2)11-17-22-19(12-16-8-6-10-20-13-16)24(23-17)18-9-5-7-15(3)21-18/h5-10,13-14H,4,11-12H2,1-3H3. The second-order valence-corrected chi connectivity index (χ2v) is 6.25. The Labute approximate surface area is 142 Å². The van der Waals surface area contributed by atoms with E-state index in [1.54, 1.807) is 6.20 Å². The lowest BCUT2D eigenvalue weighted by Gasteiger charge is -2.05. The van der Waals surface area contributed by atoms with Crippen LogP contribution in [0.25, 0.3) is 5.82 Å². The minimum absolute atomic E-state index is 0.567. The molecule has 0 fully saturated rings. The zero-order valence-corrected chi connectivity index (χ0v) is 14.5. The molecule has 0 amide bonds. The van der Waals surface area contributed by atoms with Crippen molar-refractivity contribution in [1.82, 2.24) is 24.7 Å². The monoisotopic (exact) mass is 321 g/mol. The molecule has 0 bridgehead atoms. The van der Waals surface area contributed by atoms with Crippen molar-refractivity contribution in [3.8, 4) is 5.82 Å². The van der Waals surface area contributed by atoms with Crippen LogP contribution in [0.3, 0.4) is 0 Å². The van der Waals surface area contributed by atoms with Gasteiger partial charge in [-0.15, -0.1) is 5.10 Å². The van der Waals surface area contributed by atoms with Gasteiger partial charge in [0.2, 0.25) is 0 Å². The van der Waals surface area contributed by atoms with Gasteiger partial charge in [0.05, 0.1) is 0 Å². The maximum Gasteiger partial charge on any atom is 0.155 e. The van der Waals surface area contributed by atoms with Gasteiger partial charge in [0.25, 0.3) is 0 Å². The second kappa shape index (κ2) is 7.34. The van der Waals surface area contributed by atoms with Gasteiger partial charge in [-0.25, -0.2) is 9.97 Å². The fraction of sp³-hybridized carbons (Fsp3) is 0.368. The zero-order chi connectivity index (χ0) is 16.9. The average Bonchev–Trinajstić information content (AvgIpc) is 2.98. The van der Waals surface area contributed by atoms with Gasteiger partial charge >= 0.3 is 0 Å². The molecule has 0 radical (unpaired) electrons. The normalized spacial score (nSPS) is 12.3. The van der Waals surface area contributed by atoms with E-state index >= 15 is 0 Å². The van der Waals surface area contributed by atoms with Gasteiger partial charge in [-0.3, -0.25) is 4.98 Å². The van der Waals surface area contributed by atoms with E-state index in [-0.39, 0.29) is 0 Å². The molecule has 24 heavy (non-hydrogen) atoms. The molecule has 0 spiro atoms. The largest absolute Gasteiger partial charge is 0.264 e. The molecule has 0 aliphatic heterocycles. The maximum atomic E-state index is 4.78. The Hall–Kier alpha value is -2.56. The fourth-order valence-electron chi connectivity index (χ4n) is 2.56. The molecule has 0 saturated heterocycles. The number of aromatic nitrogens is 5. The Morgan fingerprint density at radius 3 is 2.71 bits per heavy atom. The molecule has 0 aliphatic rings. The highest BCUT2D eigenvalue weighted by atomic mass is 15.4. The summed E-state index contributed by atoms with van der Waals surface area (Å²) < 4.78 is 1.87. The van der Waals surface area contributed by atoms with Crippen molar-refractivity contribution < 1.29 is 0 Å². The first-order valence-corrected chi connectivity index (χ1v) is 8.43. The van der Waals surface area contributed by atoms with Gasteiger partial charge in [-0.2, -0.15) is 4.68 Å². The van der Waals surface area contributed by atoms with E-state index in [4.69, 9.17) is 10.1 Å². The van der Waals surface area contributed by atoms with E-state index in [0.29, 0.717) is 12.3 Å². The highest BCUT2D eigenvalue weighted by Gasteiger charge is 2.15. The van der Waals surface area contributed by atoms with Crippen molar-refractivity contribution in [1.29, 1.82) is 0 Å². The molecule has 0 saturated carbocycles. The van der Waals surface area contributed by atoms with E-state index in [2.05, 4.69) is 29.9 Å². The summed E-state index contributed by atoms with van der Waals surface area (Å²) in [6.07, 6.45) is 6.35. The molecule has 0 aromatic carbocycles. The third-order valence-corrected chi connectivity index (χ3v) is 4.12. The van der Waals surface area contributed by atoms with Crippen LogP contribution in [0.5, 0.6) is 0 Å². The lowest BCUT2D eigenvalue weighted by atomic mass is 10.1. The summed E-state index contributed by atoms with van der Waals surface area (Å²) in [4.78, 5) is 13.6. The molecule has 5 heteroatoms. The van der Waals surface area contributed by atoms with Gasteiger partial charge in [-0.1, -0.05) is 32.4 Å². The maximum absolute atomic E-state index is 4.78. The van der Waals surface area contributed by atoms with Crippen LogP contribution < -0.4 is 0 Å².